The number of hydrogen-bond acceptors (Lipinski definition) is 8. The second-order valence-corrected chi connectivity index (χ2v) is 11.0. The average Bonchev–Trinajstić information content (AvgIpc) is 3.12. The molecule has 0 spiro atoms. The summed E-state index contributed by atoms with van der Waals surface area (Å²) in [5.41, 5.74) is 2.40. The van der Waals surface area contributed by atoms with Gasteiger partial charge < -0.3 is 4.90 Å². The summed E-state index contributed by atoms with van der Waals surface area (Å²) in [6.45, 7) is 7.91. The predicted molar refractivity (Wildman–Crippen MR) is 119 cm³/mol. The molecule has 1 aliphatic rings. The summed E-state index contributed by atoms with van der Waals surface area (Å²) in [5.74, 6) is 0.687. The Kier molecular flexibility index (Phi) is 5.54. The van der Waals surface area contributed by atoms with E-state index in [0.717, 1.165) is 36.7 Å². The van der Waals surface area contributed by atoms with Crippen molar-refractivity contribution in [1.82, 2.24) is 19.9 Å². The maximum atomic E-state index is 12.3. The summed E-state index contributed by atoms with van der Waals surface area (Å²) in [6.07, 6.45) is 4.88. The molecule has 1 saturated heterocycles. The molecule has 1 fully saturated rings. The van der Waals surface area contributed by atoms with Crippen LogP contribution >= 0.6 is 11.3 Å². The number of benzene rings is 1. The molecule has 2 unspecified atom stereocenters. The zero-order valence-electron chi connectivity index (χ0n) is 17.2. The van der Waals surface area contributed by atoms with Crippen LogP contribution in [0.3, 0.4) is 0 Å². The van der Waals surface area contributed by atoms with Crippen LogP contribution in [0.1, 0.15) is 23.5 Å². The summed E-state index contributed by atoms with van der Waals surface area (Å²) >= 11 is 1.74. The Bertz CT molecular complexity index is 1130. The molecule has 0 N–H and O–H groups in total. The normalized spacial score (nSPS) is 18.6. The van der Waals surface area contributed by atoms with E-state index in [1.54, 1.807) is 37.0 Å². The van der Waals surface area contributed by atoms with E-state index in [1.165, 1.54) is 10.3 Å². The van der Waals surface area contributed by atoms with E-state index in [2.05, 4.69) is 61.2 Å². The molecule has 2 atom stereocenters. The van der Waals surface area contributed by atoms with Crippen molar-refractivity contribution in [1.29, 1.82) is 0 Å². The number of hydrogen-bond donors (Lipinski definition) is 0. The molecule has 154 valence electrons. The standard InChI is InChI=1S/C20H26N6OS2/c1-14(16-5-6-19-18(11-16)24-15(2)28-19)25-7-9-26(10-8-25)20-22-12-17(13-23-20)29(4,27)21-3/h5-6,11-14H,7-10H2,1-4H3. The molecule has 0 saturated carbocycles. The van der Waals surface area contributed by atoms with Gasteiger partial charge in [0.15, 0.2) is 0 Å². The van der Waals surface area contributed by atoms with Gasteiger partial charge in [0.25, 0.3) is 0 Å². The van der Waals surface area contributed by atoms with Gasteiger partial charge in [-0.2, -0.15) is 0 Å². The molecular weight excluding hydrogens is 404 g/mol. The van der Waals surface area contributed by atoms with E-state index in [1.807, 2.05) is 0 Å². The second kappa shape index (κ2) is 7.97. The minimum Gasteiger partial charge on any atom is -0.338 e. The average molecular weight is 431 g/mol. The zero-order valence-corrected chi connectivity index (χ0v) is 18.8. The fraction of sp³-hybridized carbons (Fsp3) is 0.450. The number of piperazine rings is 1. The van der Waals surface area contributed by atoms with Gasteiger partial charge in [-0.3, -0.25) is 4.90 Å². The van der Waals surface area contributed by atoms with E-state index in [-0.39, 0.29) is 0 Å². The van der Waals surface area contributed by atoms with Gasteiger partial charge in [0, 0.05) is 57.9 Å². The van der Waals surface area contributed by atoms with Crippen LogP contribution in [0.25, 0.3) is 10.2 Å². The highest BCUT2D eigenvalue weighted by Crippen LogP contribution is 2.28. The molecule has 0 amide bonds. The van der Waals surface area contributed by atoms with Crippen LogP contribution in [-0.2, 0) is 9.73 Å². The molecule has 1 aliphatic heterocycles. The Hall–Kier alpha value is -2.10. The van der Waals surface area contributed by atoms with Crippen molar-refractivity contribution in [2.45, 2.75) is 24.8 Å². The summed E-state index contributed by atoms with van der Waals surface area (Å²) in [5, 5.41) is 1.11. The molecule has 0 bridgehead atoms. The number of aromatic nitrogens is 3. The maximum Gasteiger partial charge on any atom is 0.225 e. The number of anilines is 1. The number of thiazole rings is 1. The smallest absolute Gasteiger partial charge is 0.225 e. The van der Waals surface area contributed by atoms with Crippen LogP contribution in [0.4, 0.5) is 5.95 Å². The van der Waals surface area contributed by atoms with Crippen molar-refractivity contribution in [2.75, 3.05) is 44.4 Å². The third-order valence-electron chi connectivity index (χ3n) is 5.55. The minimum absolute atomic E-state index is 0.336. The highest BCUT2D eigenvalue weighted by Gasteiger charge is 2.24. The molecule has 2 aromatic heterocycles. The lowest BCUT2D eigenvalue weighted by Crippen LogP contribution is -2.47. The predicted octanol–water partition coefficient (Wildman–Crippen LogP) is 3.36. The highest BCUT2D eigenvalue weighted by atomic mass is 32.2. The molecule has 9 heteroatoms. The van der Waals surface area contributed by atoms with Gasteiger partial charge in [-0.1, -0.05) is 6.07 Å². The number of rotatable bonds is 4. The first-order chi connectivity index (χ1) is 13.9. The lowest BCUT2D eigenvalue weighted by atomic mass is 10.1. The number of aryl methyl sites for hydroxylation is 1. The first kappa shape index (κ1) is 20.2. The van der Waals surface area contributed by atoms with Gasteiger partial charge in [-0.25, -0.2) is 23.5 Å². The summed E-state index contributed by atoms with van der Waals surface area (Å²) < 4.78 is 17.5. The van der Waals surface area contributed by atoms with Crippen molar-refractivity contribution in [3.8, 4) is 0 Å². The minimum atomic E-state index is -2.39. The number of fused-ring (bicyclic) bond motifs is 1. The molecule has 0 radical (unpaired) electrons. The quantitative estimate of drug-likeness (QED) is 0.632. The lowest BCUT2D eigenvalue weighted by Gasteiger charge is -2.38. The zero-order chi connectivity index (χ0) is 20.6. The Labute approximate surface area is 176 Å². The lowest BCUT2D eigenvalue weighted by molar-refractivity contribution is 0.198. The summed E-state index contributed by atoms with van der Waals surface area (Å²) in [7, 11) is -0.832. The fourth-order valence-corrected chi connectivity index (χ4v) is 5.13. The van der Waals surface area contributed by atoms with Crippen LogP contribution in [-0.4, -0.2) is 63.5 Å². The van der Waals surface area contributed by atoms with E-state index in [9.17, 15) is 4.21 Å². The van der Waals surface area contributed by atoms with Crippen LogP contribution in [0.15, 0.2) is 39.9 Å². The maximum absolute atomic E-state index is 12.3. The molecule has 3 heterocycles. The van der Waals surface area contributed by atoms with Crippen LogP contribution in [0.5, 0.6) is 0 Å². The van der Waals surface area contributed by atoms with E-state index in [4.69, 9.17) is 0 Å². The molecule has 0 aliphatic carbocycles. The summed E-state index contributed by atoms with van der Waals surface area (Å²) in [4.78, 5) is 18.7. The Morgan fingerprint density at radius 3 is 2.52 bits per heavy atom. The third kappa shape index (κ3) is 4.12. The molecule has 7 nitrogen and oxygen atoms in total. The monoisotopic (exact) mass is 430 g/mol. The van der Waals surface area contributed by atoms with E-state index in [0.29, 0.717) is 16.9 Å². The first-order valence-electron chi connectivity index (χ1n) is 9.66. The van der Waals surface area contributed by atoms with Gasteiger partial charge >= 0.3 is 0 Å². The second-order valence-electron chi connectivity index (χ2n) is 7.36. The highest BCUT2D eigenvalue weighted by molar-refractivity contribution is 7.93. The Morgan fingerprint density at radius 2 is 1.86 bits per heavy atom. The van der Waals surface area contributed by atoms with E-state index < -0.39 is 9.73 Å². The van der Waals surface area contributed by atoms with Crippen LogP contribution in [0, 0.1) is 6.92 Å². The van der Waals surface area contributed by atoms with Crippen molar-refractivity contribution in [3.05, 3.63) is 41.2 Å². The van der Waals surface area contributed by atoms with Crippen molar-refractivity contribution in [3.63, 3.8) is 0 Å². The molecule has 4 rings (SSSR count). The SMILES string of the molecule is CN=S(C)(=O)c1cnc(N2CCN(C(C)c3ccc4sc(C)nc4c3)CC2)nc1. The van der Waals surface area contributed by atoms with Gasteiger partial charge in [-0.05, 0) is 31.5 Å². The van der Waals surface area contributed by atoms with Crippen molar-refractivity contribution in [2.24, 2.45) is 4.36 Å². The van der Waals surface area contributed by atoms with Crippen molar-refractivity contribution >= 4 is 37.2 Å². The van der Waals surface area contributed by atoms with Gasteiger partial charge in [0.2, 0.25) is 5.95 Å². The summed E-state index contributed by atoms with van der Waals surface area (Å²) in [6, 6.07) is 6.97. The largest absolute Gasteiger partial charge is 0.338 e. The van der Waals surface area contributed by atoms with Crippen LogP contribution in [0.2, 0.25) is 0 Å². The molecule has 29 heavy (non-hydrogen) atoms. The van der Waals surface area contributed by atoms with Crippen LogP contribution < -0.4 is 4.90 Å². The van der Waals surface area contributed by atoms with Gasteiger partial charge in [-0.15, -0.1) is 11.3 Å². The molecule has 1 aromatic carbocycles. The van der Waals surface area contributed by atoms with Gasteiger partial charge in [0.1, 0.15) is 0 Å². The Morgan fingerprint density at radius 1 is 1.17 bits per heavy atom. The topological polar surface area (TPSA) is 74.6 Å². The third-order valence-corrected chi connectivity index (χ3v) is 8.28. The van der Waals surface area contributed by atoms with E-state index >= 15 is 0 Å². The molecular formula is C20H26N6OS2. The first-order valence-corrected chi connectivity index (χ1v) is 12.4. The van der Waals surface area contributed by atoms with Crippen molar-refractivity contribution < 1.29 is 4.21 Å². The number of nitrogens with zero attached hydrogens (tertiary/aromatic N) is 6. The molecule has 3 aromatic rings. The van der Waals surface area contributed by atoms with Gasteiger partial charge in [0.05, 0.1) is 29.8 Å². The Balaban J connectivity index is 1.42. The fourth-order valence-electron chi connectivity index (χ4n) is 3.61.